The number of ether oxygens (including phenoxy) is 1. The highest BCUT2D eigenvalue weighted by molar-refractivity contribution is 5.77. The minimum absolute atomic E-state index is 0.0281. The maximum atomic E-state index is 13.2. The predicted molar refractivity (Wildman–Crippen MR) is 291 cm³/mol. The summed E-state index contributed by atoms with van der Waals surface area (Å²) in [7, 11) is 0. The van der Waals surface area contributed by atoms with Crippen LogP contribution in [0.4, 0.5) is 0 Å². The van der Waals surface area contributed by atoms with Crippen LogP contribution in [0.5, 0.6) is 0 Å². The van der Waals surface area contributed by atoms with E-state index < -0.39 is 18.2 Å². The third kappa shape index (κ3) is 49.3. The molecule has 0 aromatic heterocycles. The molecule has 386 valence electrons. The van der Waals surface area contributed by atoms with Crippen molar-refractivity contribution >= 4 is 11.9 Å². The molecule has 0 bridgehead atoms. The van der Waals surface area contributed by atoms with E-state index in [0.717, 1.165) is 103 Å². The van der Waals surface area contributed by atoms with Gasteiger partial charge in [0.05, 0.1) is 25.2 Å². The number of aliphatic hydroxyl groups is 2. The van der Waals surface area contributed by atoms with Crippen LogP contribution in [-0.2, 0) is 14.3 Å². The molecule has 0 aliphatic carbocycles. The normalized spacial score (nSPS) is 13.8. The van der Waals surface area contributed by atoms with E-state index in [1.165, 1.54) is 116 Å². The molecule has 0 aromatic rings. The van der Waals surface area contributed by atoms with E-state index in [4.69, 9.17) is 4.74 Å². The summed E-state index contributed by atoms with van der Waals surface area (Å²) in [5.74, 6) is -0.551. The molecule has 0 aliphatic rings. The minimum Gasteiger partial charge on any atom is -0.462 e. The number of hydrogen-bond donors (Lipinski definition) is 3. The van der Waals surface area contributed by atoms with Crippen molar-refractivity contribution in [3.05, 3.63) is 85.1 Å². The van der Waals surface area contributed by atoms with Crippen molar-refractivity contribution in [2.45, 2.75) is 283 Å². The standard InChI is InChI=1S/C61H107NO5/c1-4-7-10-13-16-19-22-25-28-30-31-33-36-39-42-45-48-51-54-61(66)67-57(52-49-46-43-40-37-34-27-24-21-18-15-12-9-6-3)55-60(65)62-58(56-63)59(64)53-50-47-44-41-38-35-32-29-26-23-20-17-14-11-8-5-2/h9,12,18,21-22,25,27-28,30-31,33-34,40,43,57-59,63-64H,4-8,10-11,13-17,19-20,23-24,26,29,32,35-39,41-42,44-56H2,1-3H3,(H,62,65)/b12-9+,21-18+,25-22+,30-28+,33-31+,34-27+,43-40+. The first-order valence-electron chi connectivity index (χ1n) is 28.3. The van der Waals surface area contributed by atoms with Crippen LogP contribution in [0.2, 0.25) is 0 Å². The van der Waals surface area contributed by atoms with Gasteiger partial charge in [0.1, 0.15) is 6.10 Å². The number of carbonyl (C=O) groups is 2. The molecule has 0 aromatic carbocycles. The number of hydrogen-bond acceptors (Lipinski definition) is 5. The van der Waals surface area contributed by atoms with Gasteiger partial charge in [-0.05, 0) is 83.5 Å². The monoisotopic (exact) mass is 934 g/mol. The summed E-state index contributed by atoms with van der Waals surface area (Å²) < 4.78 is 5.92. The van der Waals surface area contributed by atoms with Crippen LogP contribution in [0.25, 0.3) is 0 Å². The molecule has 0 saturated heterocycles. The second-order valence-corrected chi connectivity index (χ2v) is 19.0. The fourth-order valence-electron chi connectivity index (χ4n) is 8.25. The minimum atomic E-state index is -0.811. The van der Waals surface area contributed by atoms with E-state index in [-0.39, 0.29) is 24.9 Å². The average Bonchev–Trinajstić information content (AvgIpc) is 3.32. The van der Waals surface area contributed by atoms with Crippen molar-refractivity contribution < 1.29 is 24.5 Å². The van der Waals surface area contributed by atoms with E-state index in [1.807, 2.05) is 0 Å². The molecule has 0 heterocycles. The predicted octanol–water partition coefficient (Wildman–Crippen LogP) is 17.5. The number of amides is 1. The first kappa shape index (κ1) is 64.0. The lowest BCUT2D eigenvalue weighted by atomic mass is 10.0. The third-order valence-electron chi connectivity index (χ3n) is 12.5. The van der Waals surface area contributed by atoms with Crippen molar-refractivity contribution in [3.63, 3.8) is 0 Å². The van der Waals surface area contributed by atoms with E-state index in [9.17, 15) is 19.8 Å². The van der Waals surface area contributed by atoms with Gasteiger partial charge in [0.2, 0.25) is 5.91 Å². The Labute approximate surface area is 414 Å². The molecule has 67 heavy (non-hydrogen) atoms. The van der Waals surface area contributed by atoms with Gasteiger partial charge in [0.15, 0.2) is 0 Å². The van der Waals surface area contributed by atoms with Crippen LogP contribution < -0.4 is 5.32 Å². The summed E-state index contributed by atoms with van der Waals surface area (Å²) in [6.45, 7) is 6.35. The van der Waals surface area contributed by atoms with Crippen molar-refractivity contribution in [3.8, 4) is 0 Å². The van der Waals surface area contributed by atoms with E-state index >= 15 is 0 Å². The van der Waals surface area contributed by atoms with Crippen LogP contribution >= 0.6 is 0 Å². The average molecular weight is 935 g/mol. The number of rotatable bonds is 50. The van der Waals surface area contributed by atoms with Gasteiger partial charge in [-0.2, -0.15) is 0 Å². The summed E-state index contributed by atoms with van der Waals surface area (Å²) in [5, 5.41) is 23.8. The summed E-state index contributed by atoms with van der Waals surface area (Å²) in [5.41, 5.74) is 0. The smallest absolute Gasteiger partial charge is 0.306 e. The van der Waals surface area contributed by atoms with Gasteiger partial charge < -0.3 is 20.3 Å². The lowest BCUT2D eigenvalue weighted by molar-refractivity contribution is -0.151. The maximum Gasteiger partial charge on any atom is 0.306 e. The van der Waals surface area contributed by atoms with Crippen LogP contribution in [0, 0.1) is 0 Å². The summed E-state index contributed by atoms with van der Waals surface area (Å²) >= 11 is 0. The van der Waals surface area contributed by atoms with Gasteiger partial charge in [-0.25, -0.2) is 0 Å². The highest BCUT2D eigenvalue weighted by atomic mass is 16.5. The third-order valence-corrected chi connectivity index (χ3v) is 12.5. The topological polar surface area (TPSA) is 95.9 Å². The Bertz CT molecular complexity index is 1280. The van der Waals surface area contributed by atoms with Crippen LogP contribution in [0.3, 0.4) is 0 Å². The number of esters is 1. The van der Waals surface area contributed by atoms with Gasteiger partial charge in [-0.15, -0.1) is 0 Å². The second kappa shape index (κ2) is 54.0. The Morgan fingerprint density at radius 3 is 1.36 bits per heavy atom. The lowest BCUT2D eigenvalue weighted by Crippen LogP contribution is -2.46. The summed E-state index contributed by atoms with van der Waals surface area (Å²) in [6, 6.07) is -0.728. The molecule has 0 radical (unpaired) electrons. The van der Waals surface area contributed by atoms with Gasteiger partial charge in [0.25, 0.3) is 0 Å². The number of aliphatic hydroxyl groups excluding tert-OH is 2. The second-order valence-electron chi connectivity index (χ2n) is 19.0. The van der Waals surface area contributed by atoms with Crippen molar-refractivity contribution in [1.82, 2.24) is 5.32 Å². The Morgan fingerprint density at radius 2 is 0.881 bits per heavy atom. The van der Waals surface area contributed by atoms with Crippen LogP contribution in [0.1, 0.15) is 265 Å². The summed E-state index contributed by atoms with van der Waals surface area (Å²) in [4.78, 5) is 26.2. The largest absolute Gasteiger partial charge is 0.462 e. The van der Waals surface area contributed by atoms with Crippen molar-refractivity contribution in [2.24, 2.45) is 0 Å². The van der Waals surface area contributed by atoms with E-state index in [1.54, 1.807) is 0 Å². The van der Waals surface area contributed by atoms with Crippen LogP contribution in [-0.4, -0.2) is 46.9 Å². The molecule has 0 rings (SSSR count). The zero-order valence-electron chi connectivity index (χ0n) is 44.0. The molecule has 0 saturated carbocycles. The highest BCUT2D eigenvalue weighted by Crippen LogP contribution is 2.17. The van der Waals surface area contributed by atoms with Crippen molar-refractivity contribution in [2.75, 3.05) is 6.61 Å². The van der Waals surface area contributed by atoms with E-state index in [0.29, 0.717) is 19.3 Å². The first-order chi connectivity index (χ1) is 33.0. The van der Waals surface area contributed by atoms with Crippen molar-refractivity contribution in [1.29, 1.82) is 0 Å². The highest BCUT2D eigenvalue weighted by Gasteiger charge is 2.24. The molecule has 0 spiro atoms. The molecular weight excluding hydrogens is 827 g/mol. The van der Waals surface area contributed by atoms with Gasteiger partial charge in [-0.3, -0.25) is 9.59 Å². The zero-order chi connectivity index (χ0) is 48.8. The Kier molecular flexibility index (Phi) is 51.6. The van der Waals surface area contributed by atoms with Gasteiger partial charge >= 0.3 is 5.97 Å². The van der Waals surface area contributed by atoms with Crippen LogP contribution in [0.15, 0.2) is 85.1 Å². The Balaban J connectivity index is 4.65. The molecule has 1 amide bonds. The fourth-order valence-corrected chi connectivity index (χ4v) is 8.25. The van der Waals surface area contributed by atoms with E-state index in [2.05, 4.69) is 111 Å². The lowest BCUT2D eigenvalue weighted by Gasteiger charge is -2.24. The number of carbonyl (C=O) groups excluding carboxylic acids is 2. The molecule has 0 aliphatic heterocycles. The van der Waals surface area contributed by atoms with Gasteiger partial charge in [-0.1, -0.05) is 254 Å². The molecule has 3 atom stereocenters. The molecule has 3 unspecified atom stereocenters. The first-order valence-corrected chi connectivity index (χ1v) is 28.3. The maximum absolute atomic E-state index is 13.2. The molecule has 6 nitrogen and oxygen atoms in total. The molecule has 3 N–H and O–H groups in total. The molecular formula is C61H107NO5. The Morgan fingerprint density at radius 1 is 0.463 bits per heavy atom. The molecule has 0 fully saturated rings. The molecule has 6 heteroatoms. The van der Waals surface area contributed by atoms with Gasteiger partial charge in [0, 0.05) is 6.42 Å². The number of unbranched alkanes of at least 4 members (excludes halogenated alkanes) is 26. The Hall–Kier alpha value is -2.96. The fraction of sp³-hybridized carbons (Fsp3) is 0.738. The quantitative estimate of drug-likeness (QED) is 0.0244. The number of allylic oxidation sites excluding steroid dienone is 14. The SMILES string of the molecule is CC/C=C/C/C=C/C/C=C/C/C=C/CCCC(CC(=O)NC(CO)C(O)CCCCCCCCCCCCCCCCCC)OC(=O)CCCCCCC/C=C/C=C/C=C/CCCCCCC. The zero-order valence-corrected chi connectivity index (χ0v) is 44.0. The summed E-state index contributed by atoms with van der Waals surface area (Å²) in [6.07, 6.45) is 70.8. The number of nitrogens with one attached hydrogen (secondary N) is 1.